The van der Waals surface area contributed by atoms with Gasteiger partial charge in [-0.05, 0) is 80.9 Å². The topological polar surface area (TPSA) is 40.5 Å². The van der Waals surface area contributed by atoms with Gasteiger partial charge in [-0.1, -0.05) is 36.8 Å². The van der Waals surface area contributed by atoms with Crippen molar-refractivity contribution in [1.82, 2.24) is 19.7 Å². The normalized spacial score (nSPS) is 22.7. The van der Waals surface area contributed by atoms with Crippen LogP contribution in [0.15, 0.2) is 60.8 Å². The van der Waals surface area contributed by atoms with E-state index >= 15 is 0 Å². The van der Waals surface area contributed by atoms with Crippen LogP contribution >= 0.6 is 0 Å². The van der Waals surface area contributed by atoms with Crippen LogP contribution in [0.2, 0.25) is 0 Å². The van der Waals surface area contributed by atoms with Crippen LogP contribution < -0.4 is 5.32 Å². The van der Waals surface area contributed by atoms with Crippen LogP contribution in [-0.4, -0.2) is 65.6 Å². The van der Waals surface area contributed by atoms with Gasteiger partial charge in [0.05, 0.1) is 0 Å². The molecule has 1 aliphatic carbocycles. The molecule has 3 heterocycles. The van der Waals surface area contributed by atoms with E-state index in [1.54, 1.807) is 0 Å². The quantitative estimate of drug-likeness (QED) is 0.566. The fraction of sp³-hybridized carbons (Fsp3) is 0.500. The predicted molar refractivity (Wildman–Crippen MR) is 142 cm³/mol. The molecule has 0 spiro atoms. The number of nitrogens with zero attached hydrogens (tertiary/aromatic N) is 3. The number of piperidine rings is 1. The molecule has 2 unspecified atom stereocenters. The van der Waals surface area contributed by atoms with Gasteiger partial charge in [-0.2, -0.15) is 0 Å². The maximum Gasteiger partial charge on any atom is 0.253 e. The SMILES string of the molecule is O=C(c1ccc2c(ccn2C(Cc2ccccc2)C2CCCNC2)c1)N1CCN(C2CCC2)CC1. The Bertz CT molecular complexity index is 1140. The van der Waals surface area contributed by atoms with E-state index in [-0.39, 0.29) is 5.91 Å². The Kier molecular flexibility index (Phi) is 6.62. The monoisotopic (exact) mass is 470 g/mol. The zero-order valence-corrected chi connectivity index (χ0v) is 20.7. The number of carbonyl (C=O) groups is 1. The zero-order chi connectivity index (χ0) is 23.6. The summed E-state index contributed by atoms with van der Waals surface area (Å²) in [6, 6.07) is 20.6. The third-order valence-corrected chi connectivity index (χ3v) is 8.68. The number of rotatable bonds is 6. The number of amides is 1. The lowest BCUT2D eigenvalue weighted by Crippen LogP contribution is -2.53. The number of aromatic nitrogens is 1. The molecule has 5 heteroatoms. The van der Waals surface area contributed by atoms with Crippen LogP contribution in [0.3, 0.4) is 0 Å². The highest BCUT2D eigenvalue weighted by Crippen LogP contribution is 2.32. The lowest BCUT2D eigenvalue weighted by atomic mass is 9.87. The molecule has 1 aromatic heterocycles. The fourth-order valence-electron chi connectivity index (χ4n) is 6.37. The summed E-state index contributed by atoms with van der Waals surface area (Å²) in [5, 5.41) is 4.79. The molecule has 1 amide bonds. The van der Waals surface area contributed by atoms with Crippen molar-refractivity contribution < 1.29 is 4.79 Å². The van der Waals surface area contributed by atoms with Crippen LogP contribution in [0.5, 0.6) is 0 Å². The van der Waals surface area contributed by atoms with Gasteiger partial charge in [0.2, 0.25) is 0 Å². The third-order valence-electron chi connectivity index (χ3n) is 8.68. The molecule has 6 rings (SSSR count). The van der Waals surface area contributed by atoms with Gasteiger partial charge in [0.15, 0.2) is 0 Å². The summed E-state index contributed by atoms with van der Waals surface area (Å²) >= 11 is 0. The van der Waals surface area contributed by atoms with Crippen LogP contribution in [0.1, 0.15) is 54.1 Å². The van der Waals surface area contributed by atoms with Gasteiger partial charge in [-0.15, -0.1) is 0 Å². The number of nitrogens with one attached hydrogen (secondary N) is 1. The molecule has 1 saturated carbocycles. The number of hydrogen-bond donors (Lipinski definition) is 1. The molecule has 2 aromatic carbocycles. The van der Waals surface area contributed by atoms with Crippen LogP contribution in [0, 0.1) is 5.92 Å². The Labute approximate surface area is 209 Å². The molecule has 3 fully saturated rings. The molecule has 3 aliphatic rings. The van der Waals surface area contributed by atoms with E-state index in [4.69, 9.17) is 0 Å². The molecule has 2 atom stereocenters. The summed E-state index contributed by atoms with van der Waals surface area (Å²) < 4.78 is 2.48. The maximum atomic E-state index is 13.3. The van der Waals surface area contributed by atoms with Crippen molar-refractivity contribution in [2.45, 2.75) is 50.6 Å². The Balaban J connectivity index is 1.22. The third kappa shape index (κ3) is 4.76. The zero-order valence-electron chi connectivity index (χ0n) is 20.7. The van der Waals surface area contributed by atoms with Crippen LogP contribution in [-0.2, 0) is 6.42 Å². The van der Waals surface area contributed by atoms with Gasteiger partial charge < -0.3 is 14.8 Å². The highest BCUT2D eigenvalue weighted by molar-refractivity contribution is 5.98. The molecule has 2 aliphatic heterocycles. The lowest BCUT2D eigenvalue weighted by molar-refractivity contribution is 0.0455. The van der Waals surface area contributed by atoms with Gasteiger partial charge in [0.25, 0.3) is 5.91 Å². The highest BCUT2D eigenvalue weighted by Gasteiger charge is 2.30. The summed E-state index contributed by atoms with van der Waals surface area (Å²) in [7, 11) is 0. The first-order valence-corrected chi connectivity index (χ1v) is 13.6. The summed E-state index contributed by atoms with van der Waals surface area (Å²) in [5.74, 6) is 0.790. The van der Waals surface area contributed by atoms with Gasteiger partial charge in [0.1, 0.15) is 0 Å². The van der Waals surface area contributed by atoms with E-state index in [1.165, 1.54) is 48.6 Å². The van der Waals surface area contributed by atoms with Crippen LogP contribution in [0.4, 0.5) is 0 Å². The Morgan fingerprint density at radius 2 is 1.77 bits per heavy atom. The molecule has 1 N–H and O–H groups in total. The van der Waals surface area contributed by atoms with Gasteiger partial charge in [-0.3, -0.25) is 9.69 Å². The number of fused-ring (bicyclic) bond motifs is 1. The Morgan fingerprint density at radius 3 is 2.49 bits per heavy atom. The summed E-state index contributed by atoms with van der Waals surface area (Å²) in [5.41, 5.74) is 3.45. The van der Waals surface area contributed by atoms with Crippen LogP contribution in [0.25, 0.3) is 10.9 Å². The van der Waals surface area contributed by atoms with E-state index in [9.17, 15) is 4.79 Å². The first-order valence-electron chi connectivity index (χ1n) is 13.6. The van der Waals surface area contributed by atoms with E-state index in [1.807, 2.05) is 0 Å². The minimum absolute atomic E-state index is 0.185. The molecule has 5 nitrogen and oxygen atoms in total. The number of piperazine rings is 1. The second kappa shape index (κ2) is 10.2. The second-order valence-corrected chi connectivity index (χ2v) is 10.8. The van der Waals surface area contributed by atoms with Crippen molar-refractivity contribution in [3.05, 3.63) is 71.9 Å². The first-order chi connectivity index (χ1) is 17.3. The number of carbonyl (C=O) groups excluding carboxylic acids is 1. The molecule has 3 aromatic rings. The van der Waals surface area contributed by atoms with E-state index < -0.39 is 0 Å². The van der Waals surface area contributed by atoms with E-state index in [0.717, 1.165) is 57.3 Å². The Morgan fingerprint density at radius 1 is 0.943 bits per heavy atom. The largest absolute Gasteiger partial charge is 0.344 e. The summed E-state index contributed by atoms with van der Waals surface area (Å²) in [6.45, 7) is 5.93. The summed E-state index contributed by atoms with van der Waals surface area (Å²) in [6.07, 6.45) is 9.82. The van der Waals surface area contributed by atoms with Crippen molar-refractivity contribution in [2.24, 2.45) is 5.92 Å². The molecular formula is C30H38N4O. The minimum Gasteiger partial charge on any atom is -0.344 e. The predicted octanol–water partition coefficient (Wildman–Crippen LogP) is 4.74. The number of benzene rings is 2. The highest BCUT2D eigenvalue weighted by atomic mass is 16.2. The van der Waals surface area contributed by atoms with E-state index in [2.05, 4.69) is 80.5 Å². The van der Waals surface area contributed by atoms with Gasteiger partial charge in [-0.25, -0.2) is 0 Å². The summed E-state index contributed by atoms with van der Waals surface area (Å²) in [4.78, 5) is 18.0. The standard InChI is InChI=1S/C30H38N4O/c35-30(33-18-16-32(17-19-33)27-9-4-10-27)25-11-12-28-24(21-25)13-15-34(28)29(26-8-5-14-31-22-26)20-23-6-2-1-3-7-23/h1-3,6-7,11-13,15,21,26-27,29,31H,4-5,8-10,14,16-20,22H2. The lowest BCUT2D eigenvalue weighted by Gasteiger charge is -2.42. The molecule has 35 heavy (non-hydrogen) atoms. The molecule has 184 valence electrons. The average molecular weight is 471 g/mol. The van der Waals surface area contributed by atoms with Gasteiger partial charge >= 0.3 is 0 Å². The number of hydrogen-bond acceptors (Lipinski definition) is 3. The second-order valence-electron chi connectivity index (χ2n) is 10.8. The maximum absolute atomic E-state index is 13.3. The van der Waals surface area contributed by atoms with Crippen molar-refractivity contribution in [1.29, 1.82) is 0 Å². The average Bonchev–Trinajstić information content (AvgIpc) is 3.30. The molecule has 0 bridgehead atoms. The van der Waals surface area contributed by atoms with Gasteiger partial charge in [0, 0.05) is 60.9 Å². The van der Waals surface area contributed by atoms with E-state index in [0.29, 0.717) is 12.0 Å². The molecule has 2 saturated heterocycles. The van der Waals surface area contributed by atoms with Crippen molar-refractivity contribution in [3.63, 3.8) is 0 Å². The molecular weight excluding hydrogens is 432 g/mol. The smallest absolute Gasteiger partial charge is 0.253 e. The van der Waals surface area contributed by atoms with Crippen molar-refractivity contribution in [2.75, 3.05) is 39.3 Å². The van der Waals surface area contributed by atoms with Crippen molar-refractivity contribution in [3.8, 4) is 0 Å². The molecule has 0 radical (unpaired) electrons. The fourth-order valence-corrected chi connectivity index (χ4v) is 6.37. The first kappa shape index (κ1) is 22.8. The Hall–Kier alpha value is -2.63. The minimum atomic E-state index is 0.185. The van der Waals surface area contributed by atoms with Crippen molar-refractivity contribution >= 4 is 16.8 Å².